The van der Waals surface area contributed by atoms with Gasteiger partial charge in [-0.05, 0) is 43.0 Å². The summed E-state index contributed by atoms with van der Waals surface area (Å²) in [6, 6.07) is 17.3. The van der Waals surface area contributed by atoms with Crippen molar-refractivity contribution in [1.29, 1.82) is 0 Å². The van der Waals surface area contributed by atoms with Gasteiger partial charge in [-0.15, -0.1) is 0 Å². The molecule has 166 valence electrons. The van der Waals surface area contributed by atoms with E-state index in [1.807, 2.05) is 0 Å². The van der Waals surface area contributed by atoms with Crippen LogP contribution in [0.4, 0.5) is 0 Å². The zero-order valence-electron chi connectivity index (χ0n) is 18.7. The number of likely N-dealkylation sites (tertiary alicyclic amines) is 1. The number of carbonyl (C=O) groups excluding carboxylic acids is 1. The van der Waals surface area contributed by atoms with Crippen LogP contribution < -0.4 is 5.32 Å². The van der Waals surface area contributed by atoms with Gasteiger partial charge < -0.3 is 10.1 Å². The number of rotatable bonds is 7. The van der Waals surface area contributed by atoms with Crippen LogP contribution in [0, 0.1) is 12.8 Å². The van der Waals surface area contributed by atoms with Gasteiger partial charge in [0.25, 0.3) is 0 Å². The molecule has 0 saturated carbocycles. The van der Waals surface area contributed by atoms with Crippen molar-refractivity contribution in [3.63, 3.8) is 0 Å². The van der Waals surface area contributed by atoms with Gasteiger partial charge in [0.1, 0.15) is 0 Å². The Balaban J connectivity index is 1.26. The second kappa shape index (κ2) is 10.9. The fourth-order valence-corrected chi connectivity index (χ4v) is 4.55. The van der Waals surface area contributed by atoms with Crippen LogP contribution in [0.25, 0.3) is 0 Å². The van der Waals surface area contributed by atoms with E-state index in [0.717, 1.165) is 65.3 Å². The zero-order chi connectivity index (χ0) is 21.5. The number of aryl methyl sites for hydroxylation is 1. The SMILES string of the molecule is Cc1ccc(CN2CCCC(C(=O)NCc3cccc(CN4CCOCC4)c3)C2)cc1. The molecule has 1 atom stereocenters. The van der Waals surface area contributed by atoms with Gasteiger partial charge >= 0.3 is 0 Å². The molecule has 2 aliphatic heterocycles. The van der Waals surface area contributed by atoms with Crippen LogP contribution in [0.3, 0.4) is 0 Å². The second-order valence-corrected chi connectivity index (χ2v) is 8.99. The highest BCUT2D eigenvalue weighted by atomic mass is 16.5. The van der Waals surface area contributed by atoms with Crippen LogP contribution in [0.5, 0.6) is 0 Å². The average Bonchev–Trinajstić information content (AvgIpc) is 2.80. The molecule has 0 aromatic heterocycles. The number of nitrogens with one attached hydrogen (secondary N) is 1. The van der Waals surface area contributed by atoms with Crippen molar-refractivity contribution in [3.8, 4) is 0 Å². The molecule has 0 aliphatic carbocycles. The van der Waals surface area contributed by atoms with Crippen molar-refractivity contribution in [2.75, 3.05) is 39.4 Å². The number of hydrogen-bond acceptors (Lipinski definition) is 4. The van der Waals surface area contributed by atoms with Gasteiger partial charge in [-0.1, -0.05) is 54.1 Å². The number of nitrogens with zero attached hydrogens (tertiary/aromatic N) is 2. The van der Waals surface area contributed by atoms with E-state index in [1.54, 1.807) is 0 Å². The lowest BCUT2D eigenvalue weighted by Crippen LogP contribution is -2.42. The summed E-state index contributed by atoms with van der Waals surface area (Å²) in [6.45, 7) is 10.1. The van der Waals surface area contributed by atoms with Crippen LogP contribution in [-0.4, -0.2) is 55.1 Å². The molecular formula is C26H35N3O2. The van der Waals surface area contributed by atoms with Gasteiger partial charge in [-0.3, -0.25) is 14.6 Å². The summed E-state index contributed by atoms with van der Waals surface area (Å²) in [4.78, 5) is 17.7. The maximum absolute atomic E-state index is 12.9. The van der Waals surface area contributed by atoms with E-state index in [-0.39, 0.29) is 11.8 Å². The fourth-order valence-electron chi connectivity index (χ4n) is 4.55. The first-order valence-electron chi connectivity index (χ1n) is 11.6. The fraction of sp³-hybridized carbons (Fsp3) is 0.500. The van der Waals surface area contributed by atoms with Crippen LogP contribution in [0.2, 0.25) is 0 Å². The van der Waals surface area contributed by atoms with Crippen LogP contribution in [0.1, 0.15) is 35.1 Å². The van der Waals surface area contributed by atoms with Gasteiger partial charge in [0.2, 0.25) is 5.91 Å². The van der Waals surface area contributed by atoms with Crippen molar-refractivity contribution in [2.45, 2.75) is 39.4 Å². The Labute approximate surface area is 186 Å². The Morgan fingerprint density at radius 3 is 2.52 bits per heavy atom. The van der Waals surface area contributed by atoms with Crippen molar-refractivity contribution in [3.05, 3.63) is 70.8 Å². The molecule has 1 N–H and O–H groups in total. The van der Waals surface area contributed by atoms with Crippen LogP contribution >= 0.6 is 0 Å². The van der Waals surface area contributed by atoms with Crippen molar-refractivity contribution in [2.24, 2.45) is 5.92 Å². The van der Waals surface area contributed by atoms with E-state index in [2.05, 4.69) is 70.6 Å². The number of carbonyl (C=O) groups is 1. The molecule has 2 heterocycles. The predicted octanol–water partition coefficient (Wildman–Crippen LogP) is 3.36. The molecule has 5 nitrogen and oxygen atoms in total. The standard InChI is InChI=1S/C26H35N3O2/c1-21-7-9-22(10-8-21)18-29-11-3-6-25(20-29)26(30)27-17-23-4-2-5-24(16-23)19-28-12-14-31-15-13-28/h2,4-5,7-10,16,25H,3,6,11-15,17-20H2,1H3,(H,27,30). The first-order valence-corrected chi connectivity index (χ1v) is 11.6. The minimum atomic E-state index is 0.0794. The summed E-state index contributed by atoms with van der Waals surface area (Å²) in [5, 5.41) is 3.19. The van der Waals surface area contributed by atoms with E-state index in [9.17, 15) is 4.79 Å². The van der Waals surface area contributed by atoms with E-state index >= 15 is 0 Å². The Morgan fingerprint density at radius 1 is 0.968 bits per heavy atom. The molecule has 0 radical (unpaired) electrons. The maximum Gasteiger partial charge on any atom is 0.224 e. The molecule has 0 spiro atoms. The quantitative estimate of drug-likeness (QED) is 0.745. The average molecular weight is 422 g/mol. The van der Waals surface area contributed by atoms with Gasteiger partial charge in [0.05, 0.1) is 19.1 Å². The summed E-state index contributed by atoms with van der Waals surface area (Å²) >= 11 is 0. The monoisotopic (exact) mass is 421 g/mol. The molecule has 31 heavy (non-hydrogen) atoms. The summed E-state index contributed by atoms with van der Waals surface area (Å²) in [5.41, 5.74) is 5.08. The Bertz CT molecular complexity index is 846. The largest absolute Gasteiger partial charge is 0.379 e. The minimum absolute atomic E-state index is 0.0794. The van der Waals surface area contributed by atoms with Gasteiger partial charge in [-0.2, -0.15) is 0 Å². The van der Waals surface area contributed by atoms with Crippen molar-refractivity contribution in [1.82, 2.24) is 15.1 Å². The van der Waals surface area contributed by atoms with Gasteiger partial charge in [0, 0.05) is 39.3 Å². The molecule has 1 amide bonds. The third kappa shape index (κ3) is 6.63. The molecule has 5 heteroatoms. The van der Waals surface area contributed by atoms with E-state index in [1.165, 1.54) is 22.3 Å². The molecule has 2 fully saturated rings. The van der Waals surface area contributed by atoms with E-state index < -0.39 is 0 Å². The molecule has 2 aromatic carbocycles. The van der Waals surface area contributed by atoms with E-state index in [4.69, 9.17) is 4.74 Å². The maximum atomic E-state index is 12.9. The van der Waals surface area contributed by atoms with Gasteiger partial charge in [0.15, 0.2) is 0 Å². The third-order valence-corrected chi connectivity index (χ3v) is 6.37. The molecule has 2 aromatic rings. The van der Waals surface area contributed by atoms with Crippen LogP contribution in [-0.2, 0) is 29.2 Å². The highest BCUT2D eigenvalue weighted by Gasteiger charge is 2.25. The molecule has 4 rings (SSSR count). The summed E-state index contributed by atoms with van der Waals surface area (Å²) in [6.07, 6.45) is 2.06. The first-order chi connectivity index (χ1) is 15.2. The molecule has 0 bridgehead atoms. The summed E-state index contributed by atoms with van der Waals surface area (Å²) in [5.74, 6) is 0.267. The number of hydrogen-bond donors (Lipinski definition) is 1. The number of ether oxygens (including phenoxy) is 1. The number of morpholine rings is 1. The van der Waals surface area contributed by atoms with Crippen molar-refractivity contribution >= 4 is 5.91 Å². The summed E-state index contributed by atoms with van der Waals surface area (Å²) in [7, 11) is 0. The normalized spacial score (nSPS) is 20.5. The molecule has 2 aliphatic rings. The highest BCUT2D eigenvalue weighted by molar-refractivity contribution is 5.79. The lowest BCUT2D eigenvalue weighted by Gasteiger charge is -2.32. The van der Waals surface area contributed by atoms with Crippen LogP contribution in [0.15, 0.2) is 48.5 Å². The minimum Gasteiger partial charge on any atom is -0.379 e. The summed E-state index contributed by atoms with van der Waals surface area (Å²) < 4.78 is 5.44. The zero-order valence-corrected chi connectivity index (χ0v) is 18.7. The van der Waals surface area contributed by atoms with E-state index in [0.29, 0.717) is 6.54 Å². The topological polar surface area (TPSA) is 44.8 Å². The number of piperidine rings is 1. The van der Waals surface area contributed by atoms with Gasteiger partial charge in [-0.25, -0.2) is 0 Å². The number of benzene rings is 2. The van der Waals surface area contributed by atoms with Crippen molar-refractivity contribution < 1.29 is 9.53 Å². The Morgan fingerprint density at radius 2 is 1.71 bits per heavy atom. The lowest BCUT2D eigenvalue weighted by molar-refractivity contribution is -0.126. The lowest BCUT2D eigenvalue weighted by atomic mass is 9.96. The highest BCUT2D eigenvalue weighted by Crippen LogP contribution is 2.19. The molecular weight excluding hydrogens is 386 g/mol. The molecule has 1 unspecified atom stereocenters. The first kappa shape index (κ1) is 22.0. The Kier molecular flexibility index (Phi) is 7.73. The number of amides is 1. The second-order valence-electron chi connectivity index (χ2n) is 8.99. The smallest absolute Gasteiger partial charge is 0.224 e. The third-order valence-electron chi connectivity index (χ3n) is 6.37. The predicted molar refractivity (Wildman–Crippen MR) is 124 cm³/mol. The molecule has 2 saturated heterocycles. The Hall–Kier alpha value is -2.21.